The van der Waals surface area contributed by atoms with Crippen molar-refractivity contribution in [2.24, 2.45) is 0 Å². The van der Waals surface area contributed by atoms with Crippen LogP contribution >= 0.6 is 12.0 Å². The standard InChI is InChI=1S/C17H20O3S/c1-13-3-9-17(10-4-13)21-20-12-15(18)11-14-5-7-16(19-2)8-6-14/h3-10,15,18H,11-12H2,1-2H3. The molecule has 0 radical (unpaired) electrons. The van der Waals surface area contributed by atoms with Crippen LogP contribution in [-0.4, -0.2) is 24.9 Å². The Balaban J connectivity index is 1.73. The zero-order valence-electron chi connectivity index (χ0n) is 12.3. The van der Waals surface area contributed by atoms with Crippen molar-refractivity contribution in [3.05, 3.63) is 59.7 Å². The van der Waals surface area contributed by atoms with E-state index in [1.807, 2.05) is 55.5 Å². The minimum Gasteiger partial charge on any atom is -0.497 e. The molecule has 21 heavy (non-hydrogen) atoms. The molecule has 0 amide bonds. The molecule has 3 nitrogen and oxygen atoms in total. The lowest BCUT2D eigenvalue weighted by Gasteiger charge is -2.11. The highest BCUT2D eigenvalue weighted by Crippen LogP contribution is 2.20. The number of methoxy groups -OCH3 is 1. The number of aryl methyl sites for hydroxylation is 1. The molecule has 0 bridgehead atoms. The Kier molecular flexibility index (Phi) is 6.11. The van der Waals surface area contributed by atoms with E-state index in [0.29, 0.717) is 13.0 Å². The number of aliphatic hydroxyl groups is 1. The fourth-order valence-corrected chi connectivity index (χ4v) is 2.48. The lowest BCUT2D eigenvalue weighted by atomic mass is 10.1. The van der Waals surface area contributed by atoms with Crippen LogP contribution in [0, 0.1) is 6.92 Å². The third kappa shape index (κ3) is 5.42. The maximum Gasteiger partial charge on any atom is 0.118 e. The molecule has 4 heteroatoms. The Morgan fingerprint density at radius 1 is 1.05 bits per heavy atom. The van der Waals surface area contributed by atoms with Gasteiger partial charge in [-0.3, -0.25) is 0 Å². The van der Waals surface area contributed by atoms with Crippen LogP contribution in [0.1, 0.15) is 11.1 Å². The summed E-state index contributed by atoms with van der Waals surface area (Å²) in [6.45, 7) is 2.35. The van der Waals surface area contributed by atoms with Gasteiger partial charge in [-0.05, 0) is 36.8 Å². The number of benzene rings is 2. The highest BCUT2D eigenvalue weighted by molar-refractivity contribution is 7.94. The van der Waals surface area contributed by atoms with Crippen LogP contribution in [0.5, 0.6) is 5.75 Å². The van der Waals surface area contributed by atoms with E-state index in [1.54, 1.807) is 7.11 Å². The van der Waals surface area contributed by atoms with Gasteiger partial charge in [0.05, 0.1) is 19.8 Å². The van der Waals surface area contributed by atoms with Gasteiger partial charge in [0.2, 0.25) is 0 Å². The summed E-state index contributed by atoms with van der Waals surface area (Å²) in [5, 5.41) is 9.98. The molecule has 1 atom stereocenters. The van der Waals surface area contributed by atoms with Crippen molar-refractivity contribution in [2.45, 2.75) is 24.3 Å². The second kappa shape index (κ2) is 8.08. The molecule has 0 spiro atoms. The van der Waals surface area contributed by atoms with Crippen molar-refractivity contribution >= 4 is 12.0 Å². The van der Waals surface area contributed by atoms with Gasteiger partial charge in [0, 0.05) is 23.4 Å². The number of rotatable bonds is 7. The van der Waals surface area contributed by atoms with Crippen molar-refractivity contribution in [1.82, 2.24) is 0 Å². The van der Waals surface area contributed by atoms with Crippen LogP contribution in [0.3, 0.4) is 0 Å². The summed E-state index contributed by atoms with van der Waals surface area (Å²) in [6, 6.07) is 15.8. The summed E-state index contributed by atoms with van der Waals surface area (Å²) < 4.78 is 10.6. The fourth-order valence-electron chi connectivity index (χ4n) is 1.87. The van der Waals surface area contributed by atoms with Gasteiger partial charge in [-0.2, -0.15) is 0 Å². The van der Waals surface area contributed by atoms with E-state index >= 15 is 0 Å². The first-order chi connectivity index (χ1) is 10.2. The third-order valence-corrected chi connectivity index (χ3v) is 3.79. The van der Waals surface area contributed by atoms with Crippen LogP contribution in [0.2, 0.25) is 0 Å². The van der Waals surface area contributed by atoms with Gasteiger partial charge in [-0.25, -0.2) is 0 Å². The molecule has 0 aliphatic rings. The molecule has 112 valence electrons. The first kappa shape index (κ1) is 15.9. The molecule has 1 unspecified atom stereocenters. The van der Waals surface area contributed by atoms with Gasteiger partial charge in [0.15, 0.2) is 0 Å². The van der Waals surface area contributed by atoms with Crippen molar-refractivity contribution in [2.75, 3.05) is 13.7 Å². The highest BCUT2D eigenvalue weighted by Gasteiger charge is 2.07. The van der Waals surface area contributed by atoms with E-state index in [1.165, 1.54) is 17.6 Å². The Hall–Kier alpha value is -1.49. The molecule has 0 fully saturated rings. The normalized spacial score (nSPS) is 12.1. The minimum atomic E-state index is -0.517. The van der Waals surface area contributed by atoms with E-state index in [4.69, 9.17) is 8.92 Å². The molecule has 1 N–H and O–H groups in total. The van der Waals surface area contributed by atoms with Gasteiger partial charge >= 0.3 is 0 Å². The monoisotopic (exact) mass is 304 g/mol. The minimum absolute atomic E-state index is 0.296. The predicted molar refractivity (Wildman–Crippen MR) is 85.7 cm³/mol. The van der Waals surface area contributed by atoms with Crippen molar-refractivity contribution in [3.63, 3.8) is 0 Å². The van der Waals surface area contributed by atoms with E-state index in [0.717, 1.165) is 16.2 Å². The van der Waals surface area contributed by atoms with Crippen LogP contribution in [-0.2, 0) is 10.6 Å². The third-order valence-electron chi connectivity index (χ3n) is 3.07. The maximum atomic E-state index is 9.98. The van der Waals surface area contributed by atoms with Crippen molar-refractivity contribution in [3.8, 4) is 5.75 Å². The fraction of sp³-hybridized carbons (Fsp3) is 0.294. The Labute approximate surface area is 130 Å². The number of hydrogen-bond donors (Lipinski definition) is 1. The van der Waals surface area contributed by atoms with E-state index in [-0.39, 0.29) is 0 Å². The number of ether oxygens (including phenoxy) is 1. The largest absolute Gasteiger partial charge is 0.497 e. The summed E-state index contributed by atoms with van der Waals surface area (Å²) in [7, 11) is 1.64. The van der Waals surface area contributed by atoms with Gasteiger partial charge in [-0.15, -0.1) is 0 Å². The van der Waals surface area contributed by atoms with Gasteiger partial charge in [0.25, 0.3) is 0 Å². The van der Waals surface area contributed by atoms with E-state index < -0.39 is 6.10 Å². The highest BCUT2D eigenvalue weighted by atomic mass is 32.2. The smallest absolute Gasteiger partial charge is 0.118 e. The maximum absolute atomic E-state index is 9.98. The molecular formula is C17H20O3S. The topological polar surface area (TPSA) is 38.7 Å². The molecule has 0 aliphatic heterocycles. The average Bonchev–Trinajstić information content (AvgIpc) is 2.50. The Morgan fingerprint density at radius 3 is 2.33 bits per heavy atom. The average molecular weight is 304 g/mol. The molecule has 0 aliphatic carbocycles. The Bertz CT molecular complexity index is 537. The molecule has 2 aromatic rings. The zero-order valence-corrected chi connectivity index (χ0v) is 13.1. The SMILES string of the molecule is COc1ccc(CC(O)COSc2ccc(C)cc2)cc1. The molecule has 0 saturated carbocycles. The van der Waals surface area contributed by atoms with Crippen LogP contribution in [0.15, 0.2) is 53.4 Å². The first-order valence-electron chi connectivity index (χ1n) is 6.84. The summed E-state index contributed by atoms with van der Waals surface area (Å²) >= 11 is 1.29. The zero-order chi connectivity index (χ0) is 15.1. The van der Waals surface area contributed by atoms with E-state index in [2.05, 4.69) is 0 Å². The second-order valence-corrected chi connectivity index (χ2v) is 5.76. The van der Waals surface area contributed by atoms with Gasteiger partial charge in [0.1, 0.15) is 5.75 Å². The summed E-state index contributed by atoms with van der Waals surface area (Å²) in [5.41, 5.74) is 2.28. The van der Waals surface area contributed by atoms with Crippen LogP contribution in [0.25, 0.3) is 0 Å². The molecule has 2 rings (SSSR count). The van der Waals surface area contributed by atoms with Gasteiger partial charge < -0.3 is 14.0 Å². The first-order valence-corrected chi connectivity index (χ1v) is 7.58. The quantitative estimate of drug-likeness (QED) is 0.793. The lowest BCUT2D eigenvalue weighted by molar-refractivity contribution is 0.119. The number of hydrogen-bond acceptors (Lipinski definition) is 4. The summed E-state index contributed by atoms with van der Waals surface area (Å²) in [5.74, 6) is 0.819. The van der Waals surface area contributed by atoms with Crippen molar-refractivity contribution < 1.29 is 14.0 Å². The van der Waals surface area contributed by atoms with Crippen molar-refractivity contribution in [1.29, 1.82) is 0 Å². The van der Waals surface area contributed by atoms with Crippen LogP contribution in [0.4, 0.5) is 0 Å². The molecule has 0 aromatic heterocycles. The Morgan fingerprint density at radius 2 is 1.71 bits per heavy atom. The molecule has 0 saturated heterocycles. The van der Waals surface area contributed by atoms with Crippen LogP contribution < -0.4 is 4.74 Å². The predicted octanol–water partition coefficient (Wildman–Crippen LogP) is 3.63. The molecular weight excluding hydrogens is 284 g/mol. The molecule has 0 heterocycles. The lowest BCUT2D eigenvalue weighted by Crippen LogP contribution is -2.16. The van der Waals surface area contributed by atoms with E-state index in [9.17, 15) is 5.11 Å². The summed E-state index contributed by atoms with van der Waals surface area (Å²) in [4.78, 5) is 1.04. The summed E-state index contributed by atoms with van der Waals surface area (Å²) in [6.07, 6.45) is 0.0506. The number of aliphatic hydroxyl groups excluding tert-OH is 1. The molecule has 2 aromatic carbocycles. The second-order valence-electron chi connectivity index (χ2n) is 4.89. The van der Waals surface area contributed by atoms with Gasteiger partial charge in [-0.1, -0.05) is 29.8 Å².